The fourth-order valence-corrected chi connectivity index (χ4v) is 4.27. The summed E-state index contributed by atoms with van der Waals surface area (Å²) in [6.07, 6.45) is -3.98. The monoisotopic (exact) mass is 535 g/mol. The van der Waals surface area contributed by atoms with Crippen LogP contribution in [0.1, 0.15) is 34.8 Å². The molecule has 13 heteroatoms. The van der Waals surface area contributed by atoms with Gasteiger partial charge in [-0.05, 0) is 49.2 Å². The number of anilines is 1. The van der Waals surface area contributed by atoms with Crippen molar-refractivity contribution < 1.29 is 37.0 Å². The molecule has 38 heavy (non-hydrogen) atoms. The van der Waals surface area contributed by atoms with Gasteiger partial charge < -0.3 is 30.7 Å². The summed E-state index contributed by atoms with van der Waals surface area (Å²) < 4.78 is 50.3. The summed E-state index contributed by atoms with van der Waals surface area (Å²) in [6.45, 7) is 3.73. The molecule has 10 nitrogen and oxygen atoms in total. The summed E-state index contributed by atoms with van der Waals surface area (Å²) >= 11 is 0. The average Bonchev–Trinajstić information content (AvgIpc) is 3.51. The number of nitrogens with one attached hydrogen (secondary N) is 4. The van der Waals surface area contributed by atoms with Crippen LogP contribution in [0.25, 0.3) is 0 Å². The number of amides is 4. The molecular weight excluding hydrogens is 507 g/mol. The smallest absolute Gasteiger partial charge is 0.416 e. The molecule has 0 aliphatic carbocycles. The highest BCUT2D eigenvalue weighted by Crippen LogP contribution is 2.33. The van der Waals surface area contributed by atoms with Crippen LogP contribution in [-0.2, 0) is 17.5 Å². The molecule has 2 aromatic carbocycles. The molecule has 4 amide bonds. The first-order valence-corrected chi connectivity index (χ1v) is 12.1. The molecular formula is C25H28F3N5O5. The number of alkyl halides is 3. The van der Waals surface area contributed by atoms with Crippen LogP contribution in [0.3, 0.4) is 0 Å². The summed E-state index contributed by atoms with van der Waals surface area (Å²) in [5.74, 6) is 0.0134. The van der Waals surface area contributed by atoms with Crippen LogP contribution >= 0.6 is 0 Å². The van der Waals surface area contributed by atoms with E-state index in [2.05, 4.69) is 26.2 Å². The van der Waals surface area contributed by atoms with Crippen LogP contribution in [0.15, 0.2) is 36.4 Å². The molecule has 204 valence electrons. The largest absolute Gasteiger partial charge is 0.454 e. The minimum absolute atomic E-state index is 0.114. The van der Waals surface area contributed by atoms with E-state index < -0.39 is 41.7 Å². The first-order chi connectivity index (χ1) is 18.1. The van der Waals surface area contributed by atoms with Gasteiger partial charge in [0, 0.05) is 32.2 Å². The lowest BCUT2D eigenvalue weighted by Gasteiger charge is -2.17. The number of nitrogens with zero attached hydrogens (tertiary/aromatic N) is 1. The number of carbonyl (C=O) groups is 3. The Kier molecular flexibility index (Phi) is 8.25. The number of fused-ring (bicyclic) bond motifs is 1. The van der Waals surface area contributed by atoms with Crippen LogP contribution in [0.5, 0.6) is 11.5 Å². The predicted molar refractivity (Wildman–Crippen MR) is 131 cm³/mol. The lowest BCUT2D eigenvalue weighted by Crippen LogP contribution is -2.43. The van der Waals surface area contributed by atoms with Gasteiger partial charge in [0.2, 0.25) is 12.7 Å². The zero-order valence-electron chi connectivity index (χ0n) is 20.6. The van der Waals surface area contributed by atoms with Gasteiger partial charge in [0.15, 0.2) is 11.5 Å². The molecule has 1 fully saturated rings. The third kappa shape index (κ3) is 6.85. The number of hydrogen-bond donors (Lipinski definition) is 4. The number of halogens is 3. The molecule has 2 heterocycles. The van der Waals surface area contributed by atoms with Gasteiger partial charge >= 0.3 is 12.2 Å². The third-order valence-corrected chi connectivity index (χ3v) is 6.07. The molecule has 0 spiro atoms. The summed E-state index contributed by atoms with van der Waals surface area (Å²) in [7, 11) is 0. The number of carbonyl (C=O) groups excluding carboxylic acids is 3. The lowest BCUT2D eigenvalue weighted by atomic mass is 10.1. The minimum atomic E-state index is -4.69. The Morgan fingerprint density at radius 2 is 1.84 bits per heavy atom. The van der Waals surface area contributed by atoms with E-state index in [4.69, 9.17) is 9.47 Å². The number of rotatable bonds is 8. The van der Waals surface area contributed by atoms with Gasteiger partial charge in [0.25, 0.3) is 5.91 Å². The van der Waals surface area contributed by atoms with Gasteiger partial charge in [0.05, 0.1) is 23.4 Å². The van der Waals surface area contributed by atoms with Crippen molar-refractivity contribution in [1.29, 1.82) is 0 Å². The summed E-state index contributed by atoms with van der Waals surface area (Å²) in [5, 5.41) is 9.98. The number of hydrogen-bond acceptors (Lipinski definition) is 6. The zero-order chi connectivity index (χ0) is 27.3. The maximum absolute atomic E-state index is 13.2. The van der Waals surface area contributed by atoms with Crippen LogP contribution in [0.4, 0.5) is 23.7 Å². The molecule has 4 rings (SSSR count). The topological polar surface area (TPSA) is 121 Å². The molecule has 1 saturated heterocycles. The fraction of sp³-hybridized carbons (Fsp3) is 0.400. The Morgan fingerprint density at radius 1 is 1.05 bits per heavy atom. The van der Waals surface area contributed by atoms with Gasteiger partial charge in [-0.2, -0.15) is 13.2 Å². The van der Waals surface area contributed by atoms with E-state index >= 15 is 0 Å². The number of likely N-dealkylation sites (tertiary alicyclic amines) is 1. The summed E-state index contributed by atoms with van der Waals surface area (Å²) in [5.41, 5.74) is -0.528. The standard InChI is InChI=1S/C25H28F3N5O5/c1-2-29-24(36)32-19-5-4-16(25(26,27)28)10-18(19)23(35)30-11-22(34)31-17-7-8-33(13-17)12-15-3-6-20-21(9-15)38-14-37-20/h3-6,9-10,17H,2,7-8,11-14H2,1H3,(H,30,35)(H,31,34)(H2,29,32,36)/t17-/m0/s1. The average molecular weight is 536 g/mol. The highest BCUT2D eigenvalue weighted by atomic mass is 19.4. The molecule has 4 N–H and O–H groups in total. The van der Waals surface area contributed by atoms with E-state index in [1.807, 2.05) is 18.2 Å². The molecule has 0 unspecified atom stereocenters. The van der Waals surface area contributed by atoms with Gasteiger partial charge in [-0.25, -0.2) is 4.79 Å². The van der Waals surface area contributed by atoms with Gasteiger partial charge in [0.1, 0.15) is 0 Å². The van der Waals surface area contributed by atoms with Crippen LogP contribution in [0, 0.1) is 0 Å². The molecule has 2 aromatic rings. The predicted octanol–water partition coefficient (Wildman–Crippen LogP) is 2.70. The molecule has 0 bridgehead atoms. The van der Waals surface area contributed by atoms with E-state index in [-0.39, 0.29) is 25.1 Å². The molecule has 2 aliphatic heterocycles. The Labute approximate surface area is 216 Å². The lowest BCUT2D eigenvalue weighted by molar-refractivity contribution is -0.137. The van der Waals surface area contributed by atoms with Crippen molar-refractivity contribution >= 4 is 23.5 Å². The first-order valence-electron chi connectivity index (χ1n) is 12.1. The van der Waals surface area contributed by atoms with Crippen molar-refractivity contribution in [1.82, 2.24) is 20.9 Å². The van der Waals surface area contributed by atoms with Crippen LogP contribution in [-0.4, -0.2) is 61.8 Å². The maximum atomic E-state index is 13.2. The number of ether oxygens (including phenoxy) is 2. The molecule has 0 saturated carbocycles. The Balaban J connectivity index is 1.30. The van der Waals surface area contributed by atoms with Gasteiger partial charge in [-0.15, -0.1) is 0 Å². The van der Waals surface area contributed by atoms with Gasteiger partial charge in [-0.3, -0.25) is 14.5 Å². The second-order valence-electron chi connectivity index (χ2n) is 8.90. The quantitative estimate of drug-likeness (QED) is 0.413. The highest BCUT2D eigenvalue weighted by Gasteiger charge is 2.32. The second-order valence-corrected chi connectivity index (χ2v) is 8.90. The zero-order valence-corrected chi connectivity index (χ0v) is 20.6. The van der Waals surface area contributed by atoms with Crippen LogP contribution < -0.4 is 30.7 Å². The van der Waals surface area contributed by atoms with E-state index in [0.29, 0.717) is 37.1 Å². The van der Waals surface area contributed by atoms with Gasteiger partial charge in [-0.1, -0.05) is 6.07 Å². The fourth-order valence-electron chi connectivity index (χ4n) is 4.27. The third-order valence-electron chi connectivity index (χ3n) is 6.07. The molecule has 2 aliphatic rings. The van der Waals surface area contributed by atoms with E-state index in [0.717, 1.165) is 24.2 Å². The normalized spacial score (nSPS) is 16.7. The molecule has 0 radical (unpaired) electrons. The van der Waals surface area contributed by atoms with Crippen molar-refractivity contribution in [2.75, 3.05) is 38.3 Å². The molecule has 1 atom stereocenters. The van der Waals surface area contributed by atoms with E-state index in [1.165, 1.54) is 0 Å². The first kappa shape index (κ1) is 27.0. The van der Waals surface area contributed by atoms with E-state index in [9.17, 15) is 27.6 Å². The highest BCUT2D eigenvalue weighted by molar-refractivity contribution is 6.04. The van der Waals surface area contributed by atoms with Crippen molar-refractivity contribution in [3.63, 3.8) is 0 Å². The SMILES string of the molecule is CCNC(=O)Nc1ccc(C(F)(F)F)cc1C(=O)NCC(=O)N[C@H]1CCN(Cc2ccc3c(c2)OCO3)C1. The Morgan fingerprint density at radius 3 is 2.61 bits per heavy atom. The summed E-state index contributed by atoms with van der Waals surface area (Å²) in [6, 6.07) is 7.32. The minimum Gasteiger partial charge on any atom is -0.454 e. The summed E-state index contributed by atoms with van der Waals surface area (Å²) in [4.78, 5) is 39.2. The Hall–Kier alpha value is -4.00. The van der Waals surface area contributed by atoms with Crippen molar-refractivity contribution in [3.8, 4) is 11.5 Å². The second kappa shape index (κ2) is 11.6. The van der Waals surface area contributed by atoms with E-state index in [1.54, 1.807) is 6.92 Å². The number of benzene rings is 2. The number of urea groups is 1. The molecule has 0 aromatic heterocycles. The van der Waals surface area contributed by atoms with Crippen molar-refractivity contribution in [2.24, 2.45) is 0 Å². The van der Waals surface area contributed by atoms with Crippen LogP contribution in [0.2, 0.25) is 0 Å². The van der Waals surface area contributed by atoms with Crippen molar-refractivity contribution in [2.45, 2.75) is 32.1 Å². The maximum Gasteiger partial charge on any atom is 0.416 e. The van der Waals surface area contributed by atoms with Crippen molar-refractivity contribution in [3.05, 3.63) is 53.1 Å². The Bertz CT molecular complexity index is 1210.